The quantitative estimate of drug-likeness (QED) is 0.373. The molecule has 2 N–H and O–H groups in total. The van der Waals surface area contributed by atoms with Crippen molar-refractivity contribution in [3.05, 3.63) is 102 Å². The number of nitrogens with zero attached hydrogens (tertiary/aromatic N) is 4. The predicted molar refractivity (Wildman–Crippen MR) is 142 cm³/mol. The van der Waals surface area contributed by atoms with Crippen LogP contribution in [0, 0.1) is 6.92 Å². The van der Waals surface area contributed by atoms with Gasteiger partial charge >= 0.3 is 0 Å². The molecule has 1 amide bonds. The first-order chi connectivity index (χ1) is 17.1. The number of benzene rings is 1. The molecule has 2 unspecified atom stereocenters. The fraction of sp³-hybridized carbons (Fsp3) is 0.185. The van der Waals surface area contributed by atoms with Crippen LogP contribution in [0.25, 0.3) is 5.82 Å². The molecule has 35 heavy (non-hydrogen) atoms. The standard InChI is InChI=1S/C27H26N6OS/c1-3-24(34)30-20-13-12-19(17-18(20)2)33-26(25(31-27(33)35)21-9-4-6-14-28-21)22-10-8-16-32(22)23-11-5-7-15-29-23/h4-17,25-26H,3H2,1-2H3,(H,30,34)(H,31,35). The van der Waals surface area contributed by atoms with E-state index in [2.05, 4.69) is 42.2 Å². The van der Waals surface area contributed by atoms with E-state index >= 15 is 0 Å². The fourth-order valence-corrected chi connectivity index (χ4v) is 4.80. The molecule has 0 saturated carbocycles. The van der Waals surface area contributed by atoms with E-state index in [-0.39, 0.29) is 18.0 Å². The molecular weight excluding hydrogens is 456 g/mol. The van der Waals surface area contributed by atoms with Crippen LogP contribution in [0.4, 0.5) is 11.4 Å². The van der Waals surface area contributed by atoms with Gasteiger partial charge in [0, 0.05) is 42.1 Å². The van der Waals surface area contributed by atoms with Crippen LogP contribution in [0.15, 0.2) is 85.3 Å². The Labute approximate surface area is 209 Å². The van der Waals surface area contributed by atoms with E-state index in [1.54, 1.807) is 12.4 Å². The van der Waals surface area contributed by atoms with Crippen molar-refractivity contribution in [2.24, 2.45) is 0 Å². The van der Waals surface area contributed by atoms with Crippen molar-refractivity contribution < 1.29 is 4.79 Å². The first-order valence-electron chi connectivity index (χ1n) is 11.6. The topological polar surface area (TPSA) is 75.1 Å². The third kappa shape index (κ3) is 4.40. The fourth-order valence-electron chi connectivity index (χ4n) is 4.45. The first-order valence-corrected chi connectivity index (χ1v) is 12.0. The number of rotatable bonds is 6. The Hall–Kier alpha value is -4.04. The molecule has 1 aliphatic heterocycles. The van der Waals surface area contributed by atoms with Gasteiger partial charge in [0.15, 0.2) is 5.11 Å². The summed E-state index contributed by atoms with van der Waals surface area (Å²) in [5, 5.41) is 7.08. The number of carbonyl (C=O) groups excluding carboxylic acids is 1. The number of thiocarbonyl (C=S) groups is 1. The molecule has 8 heteroatoms. The molecule has 7 nitrogen and oxygen atoms in total. The lowest BCUT2D eigenvalue weighted by Gasteiger charge is -2.29. The highest BCUT2D eigenvalue weighted by atomic mass is 32.1. The molecule has 176 valence electrons. The van der Waals surface area contributed by atoms with Gasteiger partial charge in [0.1, 0.15) is 11.9 Å². The second-order valence-electron chi connectivity index (χ2n) is 8.39. The molecule has 0 bridgehead atoms. The minimum Gasteiger partial charge on any atom is -0.351 e. The molecule has 2 atom stereocenters. The van der Waals surface area contributed by atoms with Crippen LogP contribution in [-0.4, -0.2) is 25.6 Å². The van der Waals surface area contributed by atoms with Gasteiger partial charge in [0.25, 0.3) is 0 Å². The van der Waals surface area contributed by atoms with E-state index in [4.69, 9.17) is 12.2 Å². The van der Waals surface area contributed by atoms with Crippen molar-refractivity contribution in [1.82, 2.24) is 19.9 Å². The molecule has 3 aromatic heterocycles. The van der Waals surface area contributed by atoms with Gasteiger partial charge in [-0.3, -0.25) is 9.78 Å². The normalized spacial score (nSPS) is 17.3. The lowest BCUT2D eigenvalue weighted by Crippen LogP contribution is -2.30. The molecule has 0 radical (unpaired) electrons. The van der Waals surface area contributed by atoms with Crippen LogP contribution in [0.2, 0.25) is 0 Å². The second-order valence-corrected chi connectivity index (χ2v) is 8.78. The Morgan fingerprint density at radius 3 is 2.54 bits per heavy atom. The molecule has 1 aromatic carbocycles. The van der Waals surface area contributed by atoms with E-state index in [0.29, 0.717) is 11.5 Å². The number of pyridine rings is 2. The molecule has 0 spiro atoms. The predicted octanol–water partition coefficient (Wildman–Crippen LogP) is 5.10. The molecule has 0 aliphatic carbocycles. The summed E-state index contributed by atoms with van der Waals surface area (Å²) in [5.74, 6) is 0.819. The number of hydrogen-bond acceptors (Lipinski definition) is 4. The Balaban J connectivity index is 1.61. The smallest absolute Gasteiger partial charge is 0.224 e. The van der Waals surface area contributed by atoms with E-state index in [1.807, 2.05) is 74.6 Å². The van der Waals surface area contributed by atoms with Crippen molar-refractivity contribution in [1.29, 1.82) is 0 Å². The molecule has 4 heterocycles. The van der Waals surface area contributed by atoms with Crippen molar-refractivity contribution >= 4 is 34.6 Å². The van der Waals surface area contributed by atoms with Crippen LogP contribution in [0.3, 0.4) is 0 Å². The average molecular weight is 483 g/mol. The van der Waals surface area contributed by atoms with Gasteiger partial charge in [-0.25, -0.2) is 4.98 Å². The van der Waals surface area contributed by atoms with Gasteiger partial charge in [-0.05, 0) is 79.3 Å². The zero-order valence-corrected chi connectivity index (χ0v) is 20.4. The minimum absolute atomic E-state index is 0.0134. The second kappa shape index (κ2) is 9.68. The van der Waals surface area contributed by atoms with Gasteiger partial charge in [-0.1, -0.05) is 19.1 Å². The van der Waals surface area contributed by atoms with Gasteiger partial charge in [0.2, 0.25) is 5.91 Å². The maximum Gasteiger partial charge on any atom is 0.224 e. The summed E-state index contributed by atoms with van der Waals surface area (Å²) in [6, 6.07) is 21.5. The lowest BCUT2D eigenvalue weighted by atomic mass is 10.0. The number of aryl methyl sites for hydroxylation is 1. The summed E-state index contributed by atoms with van der Waals surface area (Å²) < 4.78 is 2.09. The average Bonchev–Trinajstić information content (AvgIpc) is 3.50. The maximum atomic E-state index is 11.9. The van der Waals surface area contributed by atoms with Gasteiger partial charge in [-0.2, -0.15) is 0 Å². The monoisotopic (exact) mass is 482 g/mol. The summed E-state index contributed by atoms with van der Waals surface area (Å²) in [4.78, 5) is 23.3. The van der Waals surface area contributed by atoms with Gasteiger partial charge in [0.05, 0.1) is 11.7 Å². The van der Waals surface area contributed by atoms with Crippen LogP contribution in [0.1, 0.15) is 42.4 Å². The zero-order chi connectivity index (χ0) is 24.4. The summed E-state index contributed by atoms with van der Waals surface area (Å²) in [7, 11) is 0. The van der Waals surface area contributed by atoms with E-state index in [9.17, 15) is 4.79 Å². The maximum absolute atomic E-state index is 11.9. The van der Waals surface area contributed by atoms with Crippen LogP contribution in [0.5, 0.6) is 0 Å². The Bertz CT molecular complexity index is 1350. The summed E-state index contributed by atoms with van der Waals surface area (Å²) in [6.07, 6.45) is 6.03. The van der Waals surface area contributed by atoms with E-state index in [0.717, 1.165) is 34.1 Å². The van der Waals surface area contributed by atoms with Gasteiger partial charge in [-0.15, -0.1) is 0 Å². The molecular formula is C27H26N6OS. The van der Waals surface area contributed by atoms with Gasteiger partial charge < -0.3 is 20.1 Å². The van der Waals surface area contributed by atoms with Crippen LogP contribution in [-0.2, 0) is 4.79 Å². The number of hydrogen-bond donors (Lipinski definition) is 2. The minimum atomic E-state index is -0.176. The van der Waals surface area contributed by atoms with Crippen molar-refractivity contribution in [2.45, 2.75) is 32.4 Å². The summed E-state index contributed by atoms with van der Waals surface area (Å²) in [5.41, 5.74) is 4.64. The molecule has 1 saturated heterocycles. The van der Waals surface area contributed by atoms with Crippen molar-refractivity contribution in [3.8, 4) is 5.82 Å². The number of carbonyl (C=O) groups is 1. The van der Waals surface area contributed by atoms with E-state index in [1.165, 1.54) is 0 Å². The number of amides is 1. The van der Waals surface area contributed by atoms with Crippen molar-refractivity contribution in [2.75, 3.05) is 10.2 Å². The third-order valence-corrected chi connectivity index (χ3v) is 6.48. The summed E-state index contributed by atoms with van der Waals surface area (Å²) in [6.45, 7) is 3.83. The largest absolute Gasteiger partial charge is 0.351 e. The zero-order valence-electron chi connectivity index (χ0n) is 19.6. The SMILES string of the molecule is CCC(=O)Nc1ccc(N2C(=S)NC(c3ccccn3)C2c2cccn2-c2ccccn2)cc1C. The van der Waals surface area contributed by atoms with Crippen molar-refractivity contribution in [3.63, 3.8) is 0 Å². The molecule has 5 rings (SSSR count). The number of nitrogens with one attached hydrogen (secondary N) is 2. The Morgan fingerprint density at radius 2 is 1.86 bits per heavy atom. The third-order valence-electron chi connectivity index (χ3n) is 6.16. The Morgan fingerprint density at radius 1 is 1.06 bits per heavy atom. The Kier molecular flexibility index (Phi) is 6.29. The first kappa shape index (κ1) is 22.7. The summed E-state index contributed by atoms with van der Waals surface area (Å²) >= 11 is 5.87. The highest BCUT2D eigenvalue weighted by molar-refractivity contribution is 7.80. The van der Waals surface area contributed by atoms with Crippen LogP contribution >= 0.6 is 12.2 Å². The lowest BCUT2D eigenvalue weighted by molar-refractivity contribution is -0.115. The number of aromatic nitrogens is 3. The van der Waals surface area contributed by atoms with E-state index < -0.39 is 0 Å². The van der Waals surface area contributed by atoms with Crippen LogP contribution < -0.4 is 15.5 Å². The molecule has 4 aromatic rings. The highest BCUT2D eigenvalue weighted by Crippen LogP contribution is 2.42. The molecule has 1 aliphatic rings. The number of anilines is 2. The molecule has 1 fully saturated rings. The highest BCUT2D eigenvalue weighted by Gasteiger charge is 2.42.